The van der Waals surface area contributed by atoms with Gasteiger partial charge in [-0.25, -0.2) is 0 Å². The Labute approximate surface area is 309 Å². The zero-order valence-electron chi connectivity index (χ0n) is 30.0. The molecular formula is C45H51BrO3Sn. The molecule has 0 saturated carbocycles. The van der Waals surface area contributed by atoms with Gasteiger partial charge in [-0.05, 0) is 0 Å². The maximum atomic E-state index is 6.91. The molecule has 6 aromatic rings. The molecule has 0 aliphatic rings. The molecule has 0 heterocycles. The first-order chi connectivity index (χ1) is 24.6. The summed E-state index contributed by atoms with van der Waals surface area (Å²) in [4.78, 5) is 0. The normalized spacial score (nSPS) is 11.8. The molecule has 0 unspecified atom stereocenters. The minimum atomic E-state index is -4.47. The Bertz CT molecular complexity index is 1790. The first kappa shape index (κ1) is 36.6. The number of hydrogen-bond donors (Lipinski definition) is 0. The predicted octanol–water partition coefficient (Wildman–Crippen LogP) is 11.2. The van der Waals surface area contributed by atoms with Gasteiger partial charge in [-0.1, -0.05) is 0 Å². The van der Waals surface area contributed by atoms with E-state index < -0.39 is 16.2 Å². The Balaban J connectivity index is 1.74. The van der Waals surface area contributed by atoms with E-state index in [0.717, 1.165) is 75.0 Å². The predicted molar refractivity (Wildman–Crippen MR) is 220 cm³/mol. The van der Waals surface area contributed by atoms with E-state index in [1.807, 2.05) is 0 Å². The van der Waals surface area contributed by atoms with E-state index in [0.29, 0.717) is 19.8 Å². The van der Waals surface area contributed by atoms with Crippen molar-refractivity contribution in [3.05, 3.63) is 109 Å². The second-order valence-corrected chi connectivity index (χ2v) is 29.3. The van der Waals surface area contributed by atoms with Crippen molar-refractivity contribution < 1.29 is 14.2 Å². The van der Waals surface area contributed by atoms with Crippen molar-refractivity contribution in [2.75, 3.05) is 19.8 Å². The van der Waals surface area contributed by atoms with Crippen LogP contribution in [0.15, 0.2) is 109 Å². The summed E-state index contributed by atoms with van der Waals surface area (Å²) in [5.74, 6) is 2.88. The molecule has 50 heavy (non-hydrogen) atoms. The van der Waals surface area contributed by atoms with E-state index in [2.05, 4.69) is 130 Å². The van der Waals surface area contributed by atoms with Gasteiger partial charge < -0.3 is 0 Å². The Morgan fingerprint density at radius 1 is 0.400 bits per heavy atom. The van der Waals surface area contributed by atoms with Gasteiger partial charge >= 0.3 is 311 Å². The van der Waals surface area contributed by atoms with Gasteiger partial charge in [0.1, 0.15) is 0 Å². The van der Waals surface area contributed by atoms with Gasteiger partial charge in [0.25, 0.3) is 0 Å². The Kier molecular flexibility index (Phi) is 13.0. The van der Waals surface area contributed by atoms with Crippen molar-refractivity contribution in [1.82, 2.24) is 0 Å². The van der Waals surface area contributed by atoms with Crippen LogP contribution in [0.25, 0.3) is 32.3 Å². The van der Waals surface area contributed by atoms with Crippen LogP contribution in [0.1, 0.15) is 78.6 Å². The Morgan fingerprint density at radius 2 is 0.700 bits per heavy atom. The van der Waals surface area contributed by atoms with Gasteiger partial charge in [-0.3, -0.25) is 0 Å². The van der Waals surface area contributed by atoms with Gasteiger partial charge in [0, 0.05) is 0 Å². The Hall–Kier alpha value is -3.22. The summed E-state index contributed by atoms with van der Waals surface area (Å²) in [5.41, 5.74) is 0. The number of fused-ring (bicyclic) bond motifs is 3. The molecule has 0 atom stereocenters. The summed E-state index contributed by atoms with van der Waals surface area (Å²) in [6.45, 7) is 8.77. The first-order valence-electron chi connectivity index (χ1n) is 18.8. The van der Waals surface area contributed by atoms with Crippen LogP contribution in [-0.2, 0) is 0 Å². The number of benzene rings is 6. The zero-order chi connectivity index (χ0) is 34.8. The van der Waals surface area contributed by atoms with Gasteiger partial charge in [-0.15, -0.1) is 0 Å². The summed E-state index contributed by atoms with van der Waals surface area (Å²) in [6.07, 6.45) is 9.95. The molecule has 0 fully saturated rings. The second-order valence-electron chi connectivity index (χ2n) is 13.3. The van der Waals surface area contributed by atoms with Crippen LogP contribution >= 0.6 is 12.7 Å². The van der Waals surface area contributed by atoms with Crippen LogP contribution < -0.4 is 24.9 Å². The molecule has 6 rings (SSSR count). The van der Waals surface area contributed by atoms with E-state index in [1.54, 1.807) is 0 Å². The van der Waals surface area contributed by atoms with Crippen molar-refractivity contribution in [2.24, 2.45) is 0 Å². The molecule has 0 amide bonds. The number of rotatable bonds is 18. The summed E-state index contributed by atoms with van der Waals surface area (Å²) < 4.78 is 24.6. The van der Waals surface area contributed by atoms with Gasteiger partial charge in [0.2, 0.25) is 0 Å². The zero-order valence-corrected chi connectivity index (χ0v) is 34.4. The summed E-state index contributed by atoms with van der Waals surface area (Å²) >= 11 is 0.394. The first-order valence-corrected chi connectivity index (χ1v) is 29.4. The molecule has 0 aliphatic heterocycles. The third kappa shape index (κ3) is 7.82. The molecule has 0 bridgehead atoms. The molecule has 260 valence electrons. The standard InChI is InChI=1S/3C15H17O.BrH.Sn/c3*1-2-3-6-11-16-15-10-9-13-7-4-5-8-14(13)12-15;;/h3*4-5,7-10H,2-3,6,11H2,1H3;1H;/q;;;;+1/p-1. The van der Waals surface area contributed by atoms with E-state index in [4.69, 9.17) is 26.9 Å². The number of unbranched alkanes of at least 4 members (excludes halogenated alkanes) is 6. The number of ether oxygens (including phenoxy) is 3. The topological polar surface area (TPSA) is 27.7 Å². The molecule has 0 aliphatic carbocycles. The fourth-order valence-corrected chi connectivity index (χ4v) is 26.9. The third-order valence-electron chi connectivity index (χ3n) is 9.72. The van der Waals surface area contributed by atoms with Crippen LogP contribution in [0.3, 0.4) is 0 Å². The van der Waals surface area contributed by atoms with Crippen LogP contribution in [0.5, 0.6) is 17.2 Å². The molecule has 5 heteroatoms. The fourth-order valence-electron chi connectivity index (χ4n) is 7.16. The van der Waals surface area contributed by atoms with Crippen LogP contribution in [0.2, 0.25) is 0 Å². The van der Waals surface area contributed by atoms with Crippen molar-refractivity contribution in [1.29, 1.82) is 0 Å². The molecule has 0 spiro atoms. The molecule has 0 N–H and O–H groups in total. The van der Waals surface area contributed by atoms with Crippen molar-refractivity contribution in [3.63, 3.8) is 0 Å². The molecule has 0 aromatic heterocycles. The van der Waals surface area contributed by atoms with E-state index in [9.17, 15) is 0 Å². The van der Waals surface area contributed by atoms with Crippen molar-refractivity contribution in [2.45, 2.75) is 78.6 Å². The minimum absolute atomic E-state index is 0.681. The molecule has 6 aromatic carbocycles. The molecular weight excluding hydrogens is 787 g/mol. The SMILES string of the molecule is CCCCCOc1ccc2ccccc2[c]1[Sn]([Br])([c]1c(OCCCCC)ccc2ccccc12)[c]1c(OCCCCC)ccc2ccccc12. The van der Waals surface area contributed by atoms with Crippen molar-refractivity contribution >= 4 is 71.9 Å². The third-order valence-corrected chi connectivity index (χ3v) is 28.0. The van der Waals surface area contributed by atoms with E-state index in [1.165, 1.54) is 43.1 Å². The van der Waals surface area contributed by atoms with Crippen LogP contribution in [-0.4, -0.2) is 36.0 Å². The Morgan fingerprint density at radius 3 is 1.00 bits per heavy atom. The second kappa shape index (κ2) is 17.8. The molecule has 0 saturated heterocycles. The number of hydrogen-bond acceptors (Lipinski definition) is 3. The summed E-state index contributed by atoms with van der Waals surface area (Å²) in [5, 5.41) is 7.30. The monoisotopic (exact) mass is 838 g/mol. The van der Waals surface area contributed by atoms with Crippen LogP contribution in [0, 0.1) is 0 Å². The molecule has 0 radical (unpaired) electrons. The summed E-state index contributed by atoms with van der Waals surface area (Å²) in [7, 11) is 0. The van der Waals surface area contributed by atoms with Crippen molar-refractivity contribution in [3.8, 4) is 17.2 Å². The quantitative estimate of drug-likeness (QED) is 0.0638. The van der Waals surface area contributed by atoms with Crippen LogP contribution in [0.4, 0.5) is 0 Å². The van der Waals surface area contributed by atoms with E-state index >= 15 is 0 Å². The maximum absolute atomic E-state index is 6.91. The summed E-state index contributed by atoms with van der Waals surface area (Å²) in [6, 6.07) is 39.8. The van der Waals surface area contributed by atoms with Gasteiger partial charge in [0.15, 0.2) is 0 Å². The van der Waals surface area contributed by atoms with Gasteiger partial charge in [0.05, 0.1) is 0 Å². The fraction of sp³-hybridized carbons (Fsp3) is 0.333. The van der Waals surface area contributed by atoms with E-state index in [-0.39, 0.29) is 0 Å². The average Bonchev–Trinajstić information content (AvgIpc) is 3.16. The number of halogens is 1. The van der Waals surface area contributed by atoms with Gasteiger partial charge in [-0.2, -0.15) is 0 Å². The molecule has 3 nitrogen and oxygen atoms in total. The average molecular weight is 839 g/mol.